The Bertz CT molecular complexity index is 809. The fraction of sp³-hybridized carbons (Fsp3) is 0.0909. The van der Waals surface area contributed by atoms with Gasteiger partial charge in [-0.3, -0.25) is 9.59 Å². The van der Waals surface area contributed by atoms with Crippen LogP contribution in [0.1, 0.15) is 27.6 Å². The van der Waals surface area contributed by atoms with Crippen LogP contribution < -0.4 is 5.32 Å². The molecule has 0 aliphatic heterocycles. The fourth-order valence-electron chi connectivity index (χ4n) is 2.60. The number of hydrogen-bond donors (Lipinski definition) is 1. The molecule has 1 amide bonds. The first-order chi connectivity index (χ1) is 12.7. The van der Waals surface area contributed by atoms with E-state index in [0.29, 0.717) is 5.56 Å². The van der Waals surface area contributed by atoms with Gasteiger partial charge in [-0.15, -0.1) is 0 Å². The van der Waals surface area contributed by atoms with Gasteiger partial charge >= 0.3 is 5.97 Å². The molecule has 0 saturated carbocycles. The van der Waals surface area contributed by atoms with E-state index in [1.54, 1.807) is 24.3 Å². The van der Waals surface area contributed by atoms with Gasteiger partial charge in [-0.2, -0.15) is 0 Å². The van der Waals surface area contributed by atoms with E-state index in [4.69, 9.17) is 4.74 Å². The average molecular weight is 345 g/mol. The number of hydrogen-bond acceptors (Lipinski definition) is 3. The molecule has 0 saturated heterocycles. The van der Waals surface area contributed by atoms with E-state index >= 15 is 0 Å². The predicted molar refractivity (Wildman–Crippen MR) is 99.6 cm³/mol. The summed E-state index contributed by atoms with van der Waals surface area (Å²) in [6.45, 7) is -0.191. The third-order valence-corrected chi connectivity index (χ3v) is 3.88. The minimum Gasteiger partial charge on any atom is -0.451 e. The molecule has 3 aromatic carbocycles. The molecular weight excluding hydrogens is 326 g/mol. The van der Waals surface area contributed by atoms with Crippen LogP contribution in [0.4, 0.5) is 0 Å². The first kappa shape index (κ1) is 17.4. The number of benzene rings is 3. The van der Waals surface area contributed by atoms with Gasteiger partial charge in [-0.1, -0.05) is 78.9 Å². The van der Waals surface area contributed by atoms with Gasteiger partial charge in [-0.25, -0.2) is 0 Å². The summed E-state index contributed by atoms with van der Waals surface area (Å²) in [5.74, 6) is -0.800. The van der Waals surface area contributed by atoms with Crippen LogP contribution in [0.15, 0.2) is 91.0 Å². The van der Waals surface area contributed by atoms with E-state index in [1.165, 1.54) is 0 Å². The second kappa shape index (κ2) is 8.62. The normalized spacial score (nSPS) is 10.3. The highest BCUT2D eigenvalue weighted by Gasteiger charge is 2.19. The van der Waals surface area contributed by atoms with Gasteiger partial charge in [0.25, 0.3) is 5.91 Å². The molecule has 0 spiro atoms. The Balaban J connectivity index is 1.67. The second-order valence-corrected chi connectivity index (χ2v) is 5.74. The monoisotopic (exact) mass is 345 g/mol. The lowest BCUT2D eigenvalue weighted by molar-refractivity contribution is -0.146. The molecule has 4 heteroatoms. The minimum atomic E-state index is -0.515. The molecule has 0 fully saturated rings. The van der Waals surface area contributed by atoms with Crippen LogP contribution in [0, 0.1) is 0 Å². The van der Waals surface area contributed by atoms with E-state index < -0.39 is 12.1 Å². The molecular formula is C22H19NO3. The molecule has 130 valence electrons. The van der Waals surface area contributed by atoms with Crippen LogP contribution in [0.2, 0.25) is 0 Å². The van der Waals surface area contributed by atoms with E-state index in [-0.39, 0.29) is 12.5 Å². The summed E-state index contributed by atoms with van der Waals surface area (Å²) < 4.78 is 5.66. The van der Waals surface area contributed by atoms with E-state index in [0.717, 1.165) is 11.1 Å². The summed E-state index contributed by atoms with van der Waals surface area (Å²) in [6, 6.07) is 27.8. The van der Waals surface area contributed by atoms with Gasteiger partial charge in [-0.05, 0) is 23.3 Å². The average Bonchev–Trinajstić information content (AvgIpc) is 2.72. The Morgan fingerprint density at radius 2 is 1.19 bits per heavy atom. The second-order valence-electron chi connectivity index (χ2n) is 5.74. The third kappa shape index (κ3) is 4.57. The van der Waals surface area contributed by atoms with Gasteiger partial charge < -0.3 is 10.1 Å². The van der Waals surface area contributed by atoms with Crippen LogP contribution in [0.3, 0.4) is 0 Å². The van der Waals surface area contributed by atoms with Crippen molar-refractivity contribution in [1.29, 1.82) is 0 Å². The highest BCUT2D eigenvalue weighted by molar-refractivity contribution is 5.95. The van der Waals surface area contributed by atoms with Gasteiger partial charge in [0.1, 0.15) is 6.54 Å². The largest absolute Gasteiger partial charge is 0.451 e. The maximum absolute atomic E-state index is 12.3. The number of nitrogens with one attached hydrogen (secondary N) is 1. The number of rotatable bonds is 6. The van der Waals surface area contributed by atoms with Crippen molar-refractivity contribution in [3.05, 3.63) is 108 Å². The molecule has 1 N–H and O–H groups in total. The molecule has 26 heavy (non-hydrogen) atoms. The predicted octanol–water partition coefficient (Wildman–Crippen LogP) is 3.75. The summed E-state index contributed by atoms with van der Waals surface area (Å²) in [7, 11) is 0. The molecule has 0 atom stereocenters. The summed E-state index contributed by atoms with van der Waals surface area (Å²) in [6.07, 6.45) is -0.515. The van der Waals surface area contributed by atoms with Crippen molar-refractivity contribution < 1.29 is 14.3 Å². The van der Waals surface area contributed by atoms with Gasteiger partial charge in [0.15, 0.2) is 6.10 Å². The smallest absolute Gasteiger partial charge is 0.326 e. The summed E-state index contributed by atoms with van der Waals surface area (Å²) in [5, 5.41) is 2.59. The fourth-order valence-corrected chi connectivity index (χ4v) is 2.60. The molecule has 3 aromatic rings. The Morgan fingerprint density at radius 1 is 0.731 bits per heavy atom. The van der Waals surface area contributed by atoms with E-state index in [1.807, 2.05) is 66.7 Å². The minimum absolute atomic E-state index is 0.191. The number of amides is 1. The Morgan fingerprint density at radius 3 is 1.69 bits per heavy atom. The summed E-state index contributed by atoms with van der Waals surface area (Å²) >= 11 is 0. The molecule has 0 heterocycles. The zero-order chi connectivity index (χ0) is 18.2. The lowest BCUT2D eigenvalue weighted by Gasteiger charge is -2.19. The molecule has 0 radical (unpaired) electrons. The Kier molecular flexibility index (Phi) is 5.78. The van der Waals surface area contributed by atoms with Crippen LogP contribution >= 0.6 is 0 Å². The van der Waals surface area contributed by atoms with E-state index in [9.17, 15) is 9.59 Å². The van der Waals surface area contributed by atoms with Crippen molar-refractivity contribution in [3.63, 3.8) is 0 Å². The molecule has 0 aromatic heterocycles. The number of carbonyl (C=O) groups excluding carboxylic acids is 2. The Hall–Kier alpha value is -3.40. The van der Waals surface area contributed by atoms with Crippen molar-refractivity contribution in [1.82, 2.24) is 5.32 Å². The molecule has 0 bridgehead atoms. The van der Waals surface area contributed by atoms with E-state index in [2.05, 4.69) is 5.32 Å². The quantitative estimate of drug-likeness (QED) is 0.692. The maximum Gasteiger partial charge on any atom is 0.326 e. The van der Waals surface area contributed by atoms with Crippen molar-refractivity contribution in [2.24, 2.45) is 0 Å². The zero-order valence-corrected chi connectivity index (χ0v) is 14.2. The highest BCUT2D eigenvalue weighted by Crippen LogP contribution is 2.25. The van der Waals surface area contributed by atoms with Crippen molar-refractivity contribution in [2.45, 2.75) is 6.10 Å². The lowest BCUT2D eigenvalue weighted by atomic mass is 10.0. The van der Waals surface area contributed by atoms with Crippen LogP contribution in [0.5, 0.6) is 0 Å². The lowest BCUT2D eigenvalue weighted by Crippen LogP contribution is -2.31. The zero-order valence-electron chi connectivity index (χ0n) is 14.2. The first-order valence-corrected chi connectivity index (χ1v) is 8.36. The number of ether oxygens (including phenoxy) is 1. The van der Waals surface area contributed by atoms with Gasteiger partial charge in [0.05, 0.1) is 0 Å². The van der Waals surface area contributed by atoms with Crippen molar-refractivity contribution in [3.8, 4) is 0 Å². The molecule has 0 aliphatic carbocycles. The van der Waals surface area contributed by atoms with Crippen LogP contribution in [0.25, 0.3) is 0 Å². The topological polar surface area (TPSA) is 55.4 Å². The molecule has 0 aliphatic rings. The van der Waals surface area contributed by atoms with Gasteiger partial charge in [0.2, 0.25) is 0 Å². The standard InChI is InChI=1S/C22H19NO3/c24-20(16-23-22(25)19-14-8-3-9-15-19)26-21(17-10-4-1-5-11-17)18-12-6-2-7-13-18/h1-15,21H,16H2,(H,23,25). The first-order valence-electron chi connectivity index (χ1n) is 8.36. The van der Waals surface area contributed by atoms with Crippen LogP contribution in [-0.4, -0.2) is 18.4 Å². The molecule has 4 nitrogen and oxygen atoms in total. The third-order valence-electron chi connectivity index (χ3n) is 3.88. The highest BCUT2D eigenvalue weighted by atomic mass is 16.5. The van der Waals surface area contributed by atoms with Crippen molar-refractivity contribution in [2.75, 3.05) is 6.54 Å². The number of carbonyl (C=O) groups is 2. The SMILES string of the molecule is O=C(CNC(=O)c1ccccc1)OC(c1ccccc1)c1ccccc1. The summed E-state index contributed by atoms with van der Waals surface area (Å²) in [4.78, 5) is 24.4. The molecule has 0 unspecified atom stereocenters. The van der Waals surface area contributed by atoms with Crippen molar-refractivity contribution >= 4 is 11.9 Å². The summed E-state index contributed by atoms with van der Waals surface area (Å²) in [5.41, 5.74) is 2.26. The maximum atomic E-state index is 12.3. The Labute approximate surface area is 152 Å². The van der Waals surface area contributed by atoms with Crippen LogP contribution in [-0.2, 0) is 9.53 Å². The number of esters is 1. The van der Waals surface area contributed by atoms with Gasteiger partial charge in [0, 0.05) is 5.56 Å². The molecule has 3 rings (SSSR count).